The monoisotopic (exact) mass is 409 g/mol. The third kappa shape index (κ3) is 4.19. The molecule has 1 aliphatic heterocycles. The normalized spacial score (nSPS) is 12.8. The minimum absolute atomic E-state index is 0.201. The van der Waals surface area contributed by atoms with Crippen LogP contribution in [-0.4, -0.2) is 40.5 Å². The molecule has 9 heteroatoms. The lowest BCUT2D eigenvalue weighted by Crippen LogP contribution is -2.38. The Kier molecular flexibility index (Phi) is 5.39. The fourth-order valence-electron chi connectivity index (χ4n) is 3.02. The summed E-state index contributed by atoms with van der Waals surface area (Å²) >= 11 is 1.38. The average Bonchev–Trinajstić information content (AvgIpc) is 3.16. The molecule has 1 aromatic carbocycles. The maximum absolute atomic E-state index is 12.7. The van der Waals surface area contributed by atoms with Crippen molar-refractivity contribution in [3.05, 3.63) is 64.9 Å². The summed E-state index contributed by atoms with van der Waals surface area (Å²) in [5.74, 6) is 0.304. The van der Waals surface area contributed by atoms with Crippen LogP contribution in [0, 0.1) is 0 Å². The standard InChI is InChI=1S/C20H19N5O3S/c1-28-16-8-3-2-6-13(16)23-20(27)25-11-9-14-17(12-25)29-19(22-14)24-18(26)15-7-4-5-10-21-15/h2-8,10H,9,11-12H2,1H3,(H,23,27)(H,22,24,26). The molecule has 3 amide bonds. The maximum atomic E-state index is 12.7. The summed E-state index contributed by atoms with van der Waals surface area (Å²) in [6.07, 6.45) is 2.20. The highest BCUT2D eigenvalue weighted by Crippen LogP contribution is 2.29. The molecule has 29 heavy (non-hydrogen) atoms. The fraction of sp³-hybridized carbons (Fsp3) is 0.200. The molecular weight excluding hydrogens is 390 g/mol. The van der Waals surface area contributed by atoms with Crippen molar-refractivity contribution in [3.63, 3.8) is 0 Å². The van der Waals surface area contributed by atoms with Crippen LogP contribution in [0.2, 0.25) is 0 Å². The lowest BCUT2D eigenvalue weighted by Gasteiger charge is -2.26. The number of hydrogen-bond donors (Lipinski definition) is 2. The number of nitrogens with zero attached hydrogens (tertiary/aromatic N) is 3. The molecule has 0 fully saturated rings. The van der Waals surface area contributed by atoms with Crippen LogP contribution in [0.3, 0.4) is 0 Å². The van der Waals surface area contributed by atoms with Crippen molar-refractivity contribution < 1.29 is 14.3 Å². The first kappa shape index (κ1) is 18.9. The van der Waals surface area contributed by atoms with Crippen molar-refractivity contribution in [3.8, 4) is 5.75 Å². The zero-order chi connectivity index (χ0) is 20.2. The SMILES string of the molecule is COc1ccccc1NC(=O)N1CCc2nc(NC(=O)c3ccccn3)sc2C1. The predicted octanol–water partition coefficient (Wildman–Crippen LogP) is 3.39. The van der Waals surface area contributed by atoms with E-state index in [4.69, 9.17) is 4.74 Å². The molecule has 148 valence electrons. The van der Waals surface area contributed by atoms with E-state index >= 15 is 0 Å². The van der Waals surface area contributed by atoms with Crippen molar-refractivity contribution in [1.82, 2.24) is 14.9 Å². The fourth-order valence-corrected chi connectivity index (χ4v) is 4.04. The number of methoxy groups -OCH3 is 1. The average molecular weight is 409 g/mol. The van der Waals surface area contributed by atoms with Gasteiger partial charge in [0.15, 0.2) is 5.13 Å². The van der Waals surface area contributed by atoms with E-state index in [2.05, 4.69) is 20.6 Å². The molecule has 3 heterocycles. The van der Waals surface area contributed by atoms with Gasteiger partial charge in [0.05, 0.1) is 25.0 Å². The summed E-state index contributed by atoms with van der Waals surface area (Å²) < 4.78 is 5.28. The molecule has 0 saturated heterocycles. The maximum Gasteiger partial charge on any atom is 0.322 e. The van der Waals surface area contributed by atoms with Gasteiger partial charge >= 0.3 is 6.03 Å². The van der Waals surface area contributed by atoms with Gasteiger partial charge in [-0.1, -0.05) is 29.5 Å². The van der Waals surface area contributed by atoms with Crippen LogP contribution >= 0.6 is 11.3 Å². The summed E-state index contributed by atoms with van der Waals surface area (Å²) in [6.45, 7) is 0.985. The Morgan fingerprint density at radius 3 is 2.76 bits per heavy atom. The Morgan fingerprint density at radius 2 is 1.97 bits per heavy atom. The molecule has 0 atom stereocenters. The van der Waals surface area contributed by atoms with Crippen LogP contribution in [0.5, 0.6) is 5.75 Å². The van der Waals surface area contributed by atoms with Gasteiger partial charge in [0.25, 0.3) is 5.91 Å². The van der Waals surface area contributed by atoms with Crippen molar-refractivity contribution in [2.24, 2.45) is 0 Å². The smallest absolute Gasteiger partial charge is 0.322 e. The van der Waals surface area contributed by atoms with E-state index in [1.54, 1.807) is 48.5 Å². The van der Waals surface area contributed by atoms with Crippen LogP contribution < -0.4 is 15.4 Å². The molecule has 0 bridgehead atoms. The number of thiazole rings is 1. The van der Waals surface area contributed by atoms with Crippen molar-refractivity contribution in [1.29, 1.82) is 0 Å². The summed E-state index contributed by atoms with van der Waals surface area (Å²) in [4.78, 5) is 36.2. The van der Waals surface area contributed by atoms with Crippen LogP contribution in [-0.2, 0) is 13.0 Å². The third-order valence-electron chi connectivity index (χ3n) is 4.49. The van der Waals surface area contributed by atoms with E-state index in [1.165, 1.54) is 11.3 Å². The summed E-state index contributed by atoms with van der Waals surface area (Å²) in [5, 5.41) is 6.19. The minimum Gasteiger partial charge on any atom is -0.495 e. The molecule has 0 aliphatic carbocycles. The van der Waals surface area contributed by atoms with Gasteiger partial charge in [0.2, 0.25) is 0 Å². The Bertz CT molecular complexity index is 1040. The largest absolute Gasteiger partial charge is 0.495 e. The van der Waals surface area contributed by atoms with E-state index in [0.29, 0.717) is 41.8 Å². The number of amides is 3. The number of carbonyl (C=O) groups is 2. The van der Waals surface area contributed by atoms with Crippen molar-refractivity contribution >= 4 is 34.1 Å². The third-order valence-corrected chi connectivity index (χ3v) is 5.48. The zero-order valence-electron chi connectivity index (χ0n) is 15.7. The first-order chi connectivity index (χ1) is 14.1. The van der Waals surface area contributed by atoms with Gasteiger partial charge in [-0.25, -0.2) is 9.78 Å². The molecule has 2 N–H and O–H groups in total. The quantitative estimate of drug-likeness (QED) is 0.689. The Balaban J connectivity index is 1.42. The number of benzene rings is 1. The highest BCUT2D eigenvalue weighted by Gasteiger charge is 2.25. The summed E-state index contributed by atoms with van der Waals surface area (Å²) in [6, 6.07) is 12.2. The zero-order valence-corrected chi connectivity index (χ0v) is 16.5. The second-order valence-electron chi connectivity index (χ2n) is 6.36. The molecule has 8 nitrogen and oxygen atoms in total. The summed E-state index contributed by atoms with van der Waals surface area (Å²) in [7, 11) is 1.57. The van der Waals surface area contributed by atoms with E-state index < -0.39 is 0 Å². The first-order valence-corrected chi connectivity index (χ1v) is 9.85. The molecular formula is C20H19N5O3S. The number of pyridine rings is 1. The number of carbonyl (C=O) groups excluding carboxylic acids is 2. The first-order valence-electron chi connectivity index (χ1n) is 9.04. The Hall–Kier alpha value is -3.46. The van der Waals surface area contributed by atoms with E-state index in [-0.39, 0.29) is 11.9 Å². The molecule has 2 aromatic heterocycles. The second kappa shape index (κ2) is 8.27. The molecule has 3 aromatic rings. The van der Waals surface area contributed by atoms with E-state index in [9.17, 15) is 9.59 Å². The van der Waals surface area contributed by atoms with Crippen LogP contribution in [0.25, 0.3) is 0 Å². The van der Waals surface area contributed by atoms with Crippen LogP contribution in [0.4, 0.5) is 15.6 Å². The molecule has 4 rings (SSSR count). The van der Waals surface area contributed by atoms with Crippen LogP contribution in [0.1, 0.15) is 21.1 Å². The van der Waals surface area contributed by atoms with Gasteiger partial charge in [-0.3, -0.25) is 15.1 Å². The highest BCUT2D eigenvalue weighted by molar-refractivity contribution is 7.15. The topological polar surface area (TPSA) is 96.5 Å². The number of fused-ring (bicyclic) bond motifs is 1. The Labute approximate surface area is 171 Å². The number of ether oxygens (including phenoxy) is 1. The molecule has 0 unspecified atom stereocenters. The molecule has 0 spiro atoms. The van der Waals surface area contributed by atoms with Gasteiger partial charge in [-0.05, 0) is 24.3 Å². The lowest BCUT2D eigenvalue weighted by molar-refractivity contribution is 0.102. The van der Waals surface area contributed by atoms with Crippen molar-refractivity contribution in [2.45, 2.75) is 13.0 Å². The van der Waals surface area contributed by atoms with Crippen LogP contribution in [0.15, 0.2) is 48.7 Å². The van der Waals surface area contributed by atoms with Gasteiger partial charge < -0.3 is 15.0 Å². The highest BCUT2D eigenvalue weighted by atomic mass is 32.1. The van der Waals surface area contributed by atoms with E-state index in [1.807, 2.05) is 12.1 Å². The number of aromatic nitrogens is 2. The molecule has 0 radical (unpaired) electrons. The number of anilines is 2. The van der Waals surface area contributed by atoms with Gasteiger partial charge in [0, 0.05) is 24.0 Å². The van der Waals surface area contributed by atoms with Gasteiger partial charge in [-0.15, -0.1) is 0 Å². The number of hydrogen-bond acceptors (Lipinski definition) is 6. The number of rotatable bonds is 4. The second-order valence-corrected chi connectivity index (χ2v) is 7.44. The number of urea groups is 1. The Morgan fingerprint density at radius 1 is 1.14 bits per heavy atom. The predicted molar refractivity (Wildman–Crippen MR) is 110 cm³/mol. The van der Waals surface area contributed by atoms with Gasteiger partial charge in [0.1, 0.15) is 11.4 Å². The molecule has 1 aliphatic rings. The number of nitrogens with one attached hydrogen (secondary N) is 2. The van der Waals surface area contributed by atoms with E-state index in [0.717, 1.165) is 10.6 Å². The minimum atomic E-state index is -0.303. The molecule has 0 saturated carbocycles. The van der Waals surface area contributed by atoms with Crippen molar-refractivity contribution in [2.75, 3.05) is 24.3 Å². The van der Waals surface area contributed by atoms with Gasteiger partial charge in [-0.2, -0.15) is 0 Å². The summed E-state index contributed by atoms with van der Waals surface area (Å²) in [5.41, 5.74) is 1.87. The lowest BCUT2D eigenvalue weighted by atomic mass is 10.2. The number of para-hydroxylation sites is 2.